The second-order valence-corrected chi connectivity index (χ2v) is 5.70. The van der Waals surface area contributed by atoms with Crippen molar-refractivity contribution in [1.29, 1.82) is 0 Å². The van der Waals surface area contributed by atoms with E-state index in [1.807, 2.05) is 31.2 Å². The zero-order valence-electron chi connectivity index (χ0n) is 10.6. The zero-order valence-corrected chi connectivity index (χ0v) is 12.2. The fourth-order valence-electron chi connectivity index (χ4n) is 1.34. The molecule has 0 unspecified atom stereocenters. The van der Waals surface area contributed by atoms with Crippen LogP contribution in [0.2, 0.25) is 5.02 Å². The molecule has 0 aromatic heterocycles. The third-order valence-electron chi connectivity index (χ3n) is 2.32. The lowest BCUT2D eigenvalue weighted by atomic mass is 10.4. The Balaban J connectivity index is 2.33. The molecule has 0 heterocycles. The number of amides is 1. The summed E-state index contributed by atoms with van der Waals surface area (Å²) in [6.45, 7) is 3.21. The van der Waals surface area contributed by atoms with E-state index in [-0.39, 0.29) is 11.2 Å². The van der Waals surface area contributed by atoms with Gasteiger partial charge in [-0.15, -0.1) is 11.8 Å². The second kappa shape index (κ2) is 8.40. The predicted molar refractivity (Wildman–Crippen MR) is 76.3 cm³/mol. The highest BCUT2D eigenvalue weighted by Crippen LogP contribution is 2.24. The number of thioether (sulfide) groups is 1. The van der Waals surface area contributed by atoms with Gasteiger partial charge in [0.25, 0.3) is 0 Å². The molecular formula is C13H18ClNO2S. The third-order valence-corrected chi connectivity index (χ3v) is 3.68. The first-order chi connectivity index (χ1) is 8.63. The van der Waals surface area contributed by atoms with Crippen LogP contribution in [0.1, 0.15) is 13.3 Å². The van der Waals surface area contributed by atoms with Gasteiger partial charge < -0.3 is 10.1 Å². The van der Waals surface area contributed by atoms with Crippen LogP contribution in [0, 0.1) is 0 Å². The first-order valence-electron chi connectivity index (χ1n) is 5.82. The quantitative estimate of drug-likeness (QED) is 0.619. The Hall–Kier alpha value is -0.710. The van der Waals surface area contributed by atoms with Crippen LogP contribution in [-0.4, -0.2) is 31.4 Å². The first-order valence-corrected chi connectivity index (χ1v) is 7.08. The number of halogens is 1. The average Bonchev–Trinajstić information content (AvgIpc) is 2.37. The molecule has 1 amide bonds. The van der Waals surface area contributed by atoms with E-state index in [9.17, 15) is 4.79 Å². The standard InChI is InChI=1S/C13H18ClNO2S/c1-10(13(16)15-8-3-9-17-2)18-12-6-4-11(14)5-7-12/h4-7,10H,3,8-9H2,1-2H3,(H,15,16)/t10-/m0/s1. The summed E-state index contributed by atoms with van der Waals surface area (Å²) in [5, 5.41) is 3.47. The maximum Gasteiger partial charge on any atom is 0.233 e. The summed E-state index contributed by atoms with van der Waals surface area (Å²) in [5.74, 6) is 0.0473. The van der Waals surface area contributed by atoms with E-state index in [0.717, 1.165) is 11.3 Å². The van der Waals surface area contributed by atoms with Crippen molar-refractivity contribution in [3.05, 3.63) is 29.3 Å². The molecule has 18 heavy (non-hydrogen) atoms. The van der Waals surface area contributed by atoms with Crippen LogP contribution in [0.3, 0.4) is 0 Å². The minimum Gasteiger partial charge on any atom is -0.385 e. The van der Waals surface area contributed by atoms with Crippen molar-refractivity contribution in [2.24, 2.45) is 0 Å². The van der Waals surface area contributed by atoms with Crippen LogP contribution < -0.4 is 5.32 Å². The molecule has 0 bridgehead atoms. The summed E-state index contributed by atoms with van der Waals surface area (Å²) in [6.07, 6.45) is 0.834. The number of carbonyl (C=O) groups excluding carboxylic acids is 1. The average molecular weight is 288 g/mol. The van der Waals surface area contributed by atoms with E-state index in [4.69, 9.17) is 16.3 Å². The number of hydrogen-bond acceptors (Lipinski definition) is 3. The van der Waals surface area contributed by atoms with E-state index in [0.29, 0.717) is 18.2 Å². The van der Waals surface area contributed by atoms with Gasteiger partial charge in [0.1, 0.15) is 0 Å². The Bertz CT molecular complexity index is 370. The van der Waals surface area contributed by atoms with Gasteiger partial charge in [-0.05, 0) is 37.6 Å². The van der Waals surface area contributed by atoms with Crippen molar-refractivity contribution in [1.82, 2.24) is 5.32 Å². The van der Waals surface area contributed by atoms with Crippen molar-refractivity contribution in [3.8, 4) is 0 Å². The lowest BCUT2D eigenvalue weighted by Crippen LogP contribution is -2.32. The van der Waals surface area contributed by atoms with Gasteiger partial charge in [-0.25, -0.2) is 0 Å². The summed E-state index contributed by atoms with van der Waals surface area (Å²) in [7, 11) is 1.65. The number of ether oxygens (including phenoxy) is 1. The molecule has 0 aliphatic rings. The van der Waals surface area contributed by atoms with Crippen LogP contribution in [0.25, 0.3) is 0 Å². The Morgan fingerprint density at radius 3 is 2.72 bits per heavy atom. The smallest absolute Gasteiger partial charge is 0.233 e. The molecule has 100 valence electrons. The van der Waals surface area contributed by atoms with Gasteiger partial charge in [0.15, 0.2) is 0 Å². The summed E-state index contributed by atoms with van der Waals surface area (Å²) in [5.41, 5.74) is 0. The maximum atomic E-state index is 11.8. The zero-order chi connectivity index (χ0) is 13.4. The minimum absolute atomic E-state index is 0.0473. The van der Waals surface area contributed by atoms with Crippen molar-refractivity contribution >= 4 is 29.3 Å². The van der Waals surface area contributed by atoms with E-state index >= 15 is 0 Å². The van der Waals surface area contributed by atoms with Crippen molar-refractivity contribution in [3.63, 3.8) is 0 Å². The van der Waals surface area contributed by atoms with Crippen LogP contribution in [0.4, 0.5) is 0 Å². The van der Waals surface area contributed by atoms with Crippen molar-refractivity contribution < 1.29 is 9.53 Å². The van der Waals surface area contributed by atoms with Crippen LogP contribution >= 0.6 is 23.4 Å². The van der Waals surface area contributed by atoms with E-state index in [2.05, 4.69) is 5.32 Å². The molecule has 0 spiro atoms. The molecule has 1 atom stereocenters. The van der Waals surface area contributed by atoms with E-state index in [1.165, 1.54) is 11.8 Å². The SMILES string of the molecule is COCCCNC(=O)[C@H](C)Sc1ccc(Cl)cc1. The largest absolute Gasteiger partial charge is 0.385 e. The number of benzene rings is 1. The molecule has 0 radical (unpaired) electrons. The topological polar surface area (TPSA) is 38.3 Å². The predicted octanol–water partition coefficient (Wildman–Crippen LogP) is 2.97. The van der Waals surface area contributed by atoms with E-state index in [1.54, 1.807) is 7.11 Å². The Morgan fingerprint density at radius 1 is 1.44 bits per heavy atom. The molecule has 1 aromatic carbocycles. The molecule has 3 nitrogen and oxygen atoms in total. The molecule has 1 aromatic rings. The van der Waals surface area contributed by atoms with Gasteiger partial charge in [0.2, 0.25) is 5.91 Å². The summed E-state index contributed by atoms with van der Waals surface area (Å²) >= 11 is 7.33. The molecule has 0 saturated heterocycles. The molecule has 1 N–H and O–H groups in total. The van der Waals surface area contributed by atoms with Gasteiger partial charge in [-0.2, -0.15) is 0 Å². The van der Waals surface area contributed by atoms with Crippen LogP contribution in [-0.2, 0) is 9.53 Å². The highest BCUT2D eigenvalue weighted by atomic mass is 35.5. The first kappa shape index (κ1) is 15.3. The number of hydrogen-bond donors (Lipinski definition) is 1. The van der Waals surface area contributed by atoms with Gasteiger partial charge in [0.05, 0.1) is 5.25 Å². The van der Waals surface area contributed by atoms with Gasteiger partial charge >= 0.3 is 0 Å². The molecule has 1 rings (SSSR count). The number of nitrogens with one attached hydrogen (secondary N) is 1. The van der Waals surface area contributed by atoms with Crippen molar-refractivity contribution in [2.75, 3.05) is 20.3 Å². The molecule has 0 fully saturated rings. The lowest BCUT2D eigenvalue weighted by molar-refractivity contribution is -0.120. The lowest BCUT2D eigenvalue weighted by Gasteiger charge is -2.11. The van der Waals surface area contributed by atoms with Crippen LogP contribution in [0.5, 0.6) is 0 Å². The summed E-state index contributed by atoms with van der Waals surface area (Å²) < 4.78 is 4.92. The summed E-state index contributed by atoms with van der Waals surface area (Å²) in [4.78, 5) is 12.8. The fourth-order valence-corrected chi connectivity index (χ4v) is 2.36. The number of rotatable bonds is 7. The van der Waals surface area contributed by atoms with Gasteiger partial charge in [0, 0.05) is 30.2 Å². The summed E-state index contributed by atoms with van der Waals surface area (Å²) in [6, 6.07) is 7.49. The highest BCUT2D eigenvalue weighted by Gasteiger charge is 2.13. The Morgan fingerprint density at radius 2 is 2.11 bits per heavy atom. The molecule has 0 aliphatic heterocycles. The molecule has 0 aliphatic carbocycles. The molecular weight excluding hydrogens is 270 g/mol. The van der Waals surface area contributed by atoms with Gasteiger partial charge in [-0.3, -0.25) is 4.79 Å². The highest BCUT2D eigenvalue weighted by molar-refractivity contribution is 8.00. The molecule has 5 heteroatoms. The number of carbonyl (C=O) groups is 1. The monoisotopic (exact) mass is 287 g/mol. The third kappa shape index (κ3) is 5.76. The molecule has 0 saturated carbocycles. The second-order valence-electron chi connectivity index (χ2n) is 3.85. The van der Waals surface area contributed by atoms with Gasteiger partial charge in [-0.1, -0.05) is 11.6 Å². The fraction of sp³-hybridized carbons (Fsp3) is 0.462. The van der Waals surface area contributed by atoms with Crippen LogP contribution in [0.15, 0.2) is 29.2 Å². The Labute approximate surface area is 117 Å². The minimum atomic E-state index is -0.117. The number of methoxy groups -OCH3 is 1. The van der Waals surface area contributed by atoms with Crippen molar-refractivity contribution in [2.45, 2.75) is 23.5 Å². The maximum absolute atomic E-state index is 11.8. The Kier molecular flexibility index (Phi) is 7.16. The normalized spacial score (nSPS) is 12.2. The van der Waals surface area contributed by atoms with E-state index < -0.39 is 0 Å².